The second-order valence-electron chi connectivity index (χ2n) is 3.68. The van der Waals surface area contributed by atoms with Gasteiger partial charge in [-0.25, -0.2) is 21.6 Å². The highest BCUT2D eigenvalue weighted by Gasteiger charge is 2.27. The average molecular weight is 273 g/mol. The normalized spacial score (nSPS) is 12.9. The molecule has 1 aromatic rings. The molecule has 0 saturated heterocycles. The number of hydrogen-bond donors (Lipinski definition) is 0. The zero-order chi connectivity index (χ0) is 12.7. The highest BCUT2D eigenvalue weighted by atomic mass is 35.7. The summed E-state index contributed by atoms with van der Waals surface area (Å²) >= 11 is 0. The zero-order valence-electron chi connectivity index (χ0n) is 8.39. The average Bonchev–Trinajstić information content (AvgIpc) is 2.05. The summed E-state index contributed by atoms with van der Waals surface area (Å²) in [7, 11) is 0.453. The summed E-state index contributed by atoms with van der Waals surface area (Å²) in [6.45, 7) is 2.18. The third-order valence-electron chi connectivity index (χ3n) is 1.94. The van der Waals surface area contributed by atoms with E-state index in [1.165, 1.54) is 0 Å². The number of hydrogen-bond acceptors (Lipinski definition) is 2. The Hall–Kier alpha value is -0.750. The van der Waals surface area contributed by atoms with Crippen molar-refractivity contribution in [2.45, 2.75) is 24.4 Å². The van der Waals surface area contributed by atoms with Crippen LogP contribution in [0, 0.1) is 11.6 Å². The van der Waals surface area contributed by atoms with Gasteiger partial charge in [0, 0.05) is 10.7 Å². The van der Waals surface area contributed by atoms with Gasteiger partial charge in [-0.05, 0) is 31.5 Å². The van der Waals surface area contributed by atoms with Crippen LogP contribution in [0.4, 0.5) is 13.2 Å². The van der Waals surface area contributed by atoms with Gasteiger partial charge in [0.25, 0.3) is 9.05 Å². The monoisotopic (exact) mass is 272 g/mol. The van der Waals surface area contributed by atoms with Crippen LogP contribution in [0.15, 0.2) is 17.0 Å². The predicted octanol–water partition coefficient (Wildman–Crippen LogP) is 3.10. The van der Waals surface area contributed by atoms with E-state index in [0.717, 1.165) is 13.8 Å². The molecule has 7 heteroatoms. The summed E-state index contributed by atoms with van der Waals surface area (Å²) in [4.78, 5) is -1.06. The number of benzene rings is 1. The standard InChI is InChI=1S/C9H8ClF3O2S/c1-9(2,13)5-3-6(11)8(12)7(4-5)16(10,14)15/h3-4H,1-2H3. The maximum Gasteiger partial charge on any atom is 0.264 e. The van der Waals surface area contributed by atoms with Gasteiger partial charge >= 0.3 is 0 Å². The van der Waals surface area contributed by atoms with Crippen LogP contribution in [0.5, 0.6) is 0 Å². The van der Waals surface area contributed by atoms with Crippen LogP contribution in [0.2, 0.25) is 0 Å². The van der Waals surface area contributed by atoms with Crippen LogP contribution in [-0.4, -0.2) is 8.42 Å². The van der Waals surface area contributed by atoms with Gasteiger partial charge in [-0.1, -0.05) is 0 Å². The van der Waals surface area contributed by atoms with Crippen molar-refractivity contribution in [3.63, 3.8) is 0 Å². The quantitative estimate of drug-likeness (QED) is 0.775. The molecule has 0 aliphatic carbocycles. The van der Waals surface area contributed by atoms with Crippen molar-refractivity contribution in [1.29, 1.82) is 0 Å². The molecular weight excluding hydrogens is 265 g/mol. The fourth-order valence-electron chi connectivity index (χ4n) is 1.08. The van der Waals surface area contributed by atoms with Crippen molar-refractivity contribution < 1.29 is 21.6 Å². The van der Waals surface area contributed by atoms with Gasteiger partial charge in [-0.2, -0.15) is 0 Å². The van der Waals surface area contributed by atoms with Gasteiger partial charge in [-0.15, -0.1) is 0 Å². The lowest BCUT2D eigenvalue weighted by molar-refractivity contribution is 0.219. The van der Waals surface area contributed by atoms with Crippen LogP contribution >= 0.6 is 10.7 Å². The van der Waals surface area contributed by atoms with E-state index in [2.05, 4.69) is 0 Å². The summed E-state index contributed by atoms with van der Waals surface area (Å²) in [5.41, 5.74) is -2.30. The predicted molar refractivity (Wildman–Crippen MR) is 53.5 cm³/mol. The van der Waals surface area contributed by atoms with E-state index in [9.17, 15) is 21.6 Å². The van der Waals surface area contributed by atoms with Gasteiger partial charge < -0.3 is 0 Å². The van der Waals surface area contributed by atoms with Gasteiger partial charge in [0.05, 0.1) is 0 Å². The molecule has 0 spiro atoms. The molecule has 90 valence electrons. The Bertz CT molecular complexity index is 520. The zero-order valence-corrected chi connectivity index (χ0v) is 9.96. The topological polar surface area (TPSA) is 34.1 Å². The molecule has 0 saturated carbocycles. The Balaban J connectivity index is 3.59. The smallest absolute Gasteiger partial charge is 0.239 e. The maximum absolute atomic E-state index is 13.5. The molecule has 16 heavy (non-hydrogen) atoms. The lowest BCUT2D eigenvalue weighted by Gasteiger charge is -2.15. The third-order valence-corrected chi connectivity index (χ3v) is 3.27. The highest BCUT2D eigenvalue weighted by molar-refractivity contribution is 8.13. The fourth-order valence-corrected chi connectivity index (χ4v) is 2.00. The summed E-state index contributed by atoms with van der Waals surface area (Å²) in [5, 5.41) is 0. The first kappa shape index (κ1) is 13.3. The van der Waals surface area contributed by atoms with Crippen LogP contribution in [0.3, 0.4) is 0 Å². The Kier molecular flexibility index (Phi) is 3.27. The van der Waals surface area contributed by atoms with E-state index >= 15 is 0 Å². The van der Waals surface area contributed by atoms with Crippen molar-refractivity contribution in [1.82, 2.24) is 0 Å². The summed E-state index contributed by atoms with van der Waals surface area (Å²) in [6, 6.07) is 1.28. The van der Waals surface area contributed by atoms with E-state index < -0.39 is 31.2 Å². The van der Waals surface area contributed by atoms with E-state index in [-0.39, 0.29) is 5.56 Å². The summed E-state index contributed by atoms with van der Waals surface area (Å²) in [5.74, 6) is -3.06. The first-order valence-electron chi connectivity index (χ1n) is 4.16. The van der Waals surface area contributed by atoms with Crippen molar-refractivity contribution in [2.75, 3.05) is 0 Å². The SMILES string of the molecule is CC(C)(F)c1cc(F)c(F)c(S(=O)(=O)Cl)c1. The molecular formula is C9H8ClF3O2S. The molecule has 2 nitrogen and oxygen atoms in total. The minimum atomic E-state index is -4.45. The van der Waals surface area contributed by atoms with E-state index in [0.29, 0.717) is 12.1 Å². The Morgan fingerprint density at radius 3 is 2.12 bits per heavy atom. The molecule has 1 rings (SSSR count). The molecule has 0 heterocycles. The Morgan fingerprint density at radius 2 is 1.75 bits per heavy atom. The first-order valence-corrected chi connectivity index (χ1v) is 6.47. The minimum Gasteiger partial charge on any atom is -0.239 e. The second kappa shape index (κ2) is 3.92. The van der Waals surface area contributed by atoms with Crippen molar-refractivity contribution in [3.05, 3.63) is 29.3 Å². The summed E-state index contributed by atoms with van der Waals surface area (Å²) < 4.78 is 61.5. The van der Waals surface area contributed by atoms with Gasteiger partial charge in [0.15, 0.2) is 11.6 Å². The van der Waals surface area contributed by atoms with Crippen LogP contribution in [0.1, 0.15) is 19.4 Å². The number of rotatable bonds is 2. The maximum atomic E-state index is 13.5. The molecule has 0 aromatic heterocycles. The molecule has 0 bridgehead atoms. The van der Waals surface area contributed by atoms with E-state index in [4.69, 9.17) is 10.7 Å². The Morgan fingerprint density at radius 1 is 1.25 bits per heavy atom. The molecule has 0 fully saturated rings. The largest absolute Gasteiger partial charge is 0.264 e. The van der Waals surface area contributed by atoms with Gasteiger partial charge in [0.2, 0.25) is 0 Å². The van der Waals surface area contributed by atoms with Crippen LogP contribution in [0.25, 0.3) is 0 Å². The van der Waals surface area contributed by atoms with Crippen molar-refractivity contribution in [2.24, 2.45) is 0 Å². The molecule has 0 amide bonds. The lowest BCUT2D eigenvalue weighted by atomic mass is 10.0. The molecule has 0 radical (unpaired) electrons. The highest BCUT2D eigenvalue weighted by Crippen LogP contribution is 2.30. The van der Waals surface area contributed by atoms with Crippen molar-refractivity contribution >= 4 is 19.7 Å². The molecule has 0 N–H and O–H groups in total. The van der Waals surface area contributed by atoms with Gasteiger partial charge in [0.1, 0.15) is 10.6 Å². The first-order chi connectivity index (χ1) is 7.03. The van der Waals surface area contributed by atoms with Crippen molar-refractivity contribution in [3.8, 4) is 0 Å². The lowest BCUT2D eigenvalue weighted by Crippen LogP contribution is -2.12. The molecule has 1 aromatic carbocycles. The molecule has 0 aliphatic rings. The number of alkyl halides is 1. The fraction of sp³-hybridized carbons (Fsp3) is 0.333. The van der Waals surface area contributed by atoms with E-state index in [1.54, 1.807) is 0 Å². The van der Waals surface area contributed by atoms with Gasteiger partial charge in [-0.3, -0.25) is 0 Å². The Labute approximate surface area is 95.5 Å². The molecule has 0 aliphatic heterocycles. The molecule has 0 atom stereocenters. The van der Waals surface area contributed by atoms with Crippen LogP contribution in [-0.2, 0) is 14.7 Å². The second-order valence-corrected chi connectivity index (χ2v) is 6.21. The molecule has 0 unspecified atom stereocenters. The minimum absolute atomic E-state index is 0.300. The van der Waals surface area contributed by atoms with Crippen LogP contribution < -0.4 is 0 Å². The third kappa shape index (κ3) is 2.68. The van der Waals surface area contributed by atoms with E-state index in [1.807, 2.05) is 0 Å². The number of halogens is 4. The summed E-state index contributed by atoms with van der Waals surface area (Å²) in [6.07, 6.45) is 0.